The van der Waals surface area contributed by atoms with E-state index in [1.807, 2.05) is 0 Å². The van der Waals surface area contributed by atoms with Crippen LogP contribution in [0.3, 0.4) is 0 Å². The van der Waals surface area contributed by atoms with Gasteiger partial charge in [-0.2, -0.15) is 0 Å². The molecule has 0 radical (unpaired) electrons. The average Bonchev–Trinajstić information content (AvgIpc) is 2.07. The second kappa shape index (κ2) is 4.04. The zero-order valence-electron chi connectivity index (χ0n) is 7.26. The summed E-state index contributed by atoms with van der Waals surface area (Å²) < 4.78 is 15.8. The summed E-state index contributed by atoms with van der Waals surface area (Å²) in [6.07, 6.45) is 3.24. The summed E-state index contributed by atoms with van der Waals surface area (Å²) in [4.78, 5) is 0. The maximum atomic E-state index is 5.51. The van der Waals surface area contributed by atoms with Gasteiger partial charge in [0, 0.05) is 20.6 Å². The Hall–Kier alpha value is -0.120. The van der Waals surface area contributed by atoms with Crippen LogP contribution in [-0.4, -0.2) is 33.2 Å². The van der Waals surface area contributed by atoms with Gasteiger partial charge >= 0.3 is 0 Å². The maximum Gasteiger partial charge on any atom is 0.191 e. The van der Waals surface area contributed by atoms with Gasteiger partial charge in [0.2, 0.25) is 0 Å². The number of ether oxygens (including phenoxy) is 3. The Balaban J connectivity index is 2.42. The predicted octanol–water partition coefficient (Wildman–Crippen LogP) is 1.18. The molecule has 0 aromatic carbocycles. The lowest BCUT2D eigenvalue weighted by Gasteiger charge is -2.34. The molecule has 66 valence electrons. The van der Waals surface area contributed by atoms with Crippen LogP contribution < -0.4 is 0 Å². The van der Waals surface area contributed by atoms with Crippen LogP contribution in [0, 0.1) is 0 Å². The summed E-state index contributed by atoms with van der Waals surface area (Å²) in [7, 11) is 3.34. The van der Waals surface area contributed by atoms with Crippen molar-refractivity contribution >= 4 is 0 Å². The van der Waals surface area contributed by atoms with Crippen molar-refractivity contribution in [2.45, 2.75) is 25.0 Å². The third-order valence-electron chi connectivity index (χ3n) is 2.05. The summed E-state index contributed by atoms with van der Waals surface area (Å²) in [6.45, 7) is 1.32. The smallest absolute Gasteiger partial charge is 0.191 e. The van der Waals surface area contributed by atoms with Crippen molar-refractivity contribution in [3.63, 3.8) is 0 Å². The van der Waals surface area contributed by atoms with E-state index in [9.17, 15) is 0 Å². The van der Waals surface area contributed by atoms with E-state index >= 15 is 0 Å². The van der Waals surface area contributed by atoms with E-state index in [0.29, 0.717) is 6.61 Å². The Morgan fingerprint density at radius 3 is 2.64 bits per heavy atom. The average molecular weight is 160 g/mol. The van der Waals surface area contributed by atoms with E-state index in [0.717, 1.165) is 25.9 Å². The molecule has 1 atom stereocenters. The number of hydrogen-bond donors (Lipinski definition) is 0. The van der Waals surface area contributed by atoms with E-state index in [2.05, 4.69) is 0 Å². The molecular weight excluding hydrogens is 144 g/mol. The second-order valence-corrected chi connectivity index (χ2v) is 2.85. The standard InChI is InChI=1S/C8H16O3/c1-9-7-8(10-2)5-3-4-6-11-8/h3-7H2,1-2H3. The summed E-state index contributed by atoms with van der Waals surface area (Å²) in [5.41, 5.74) is 0. The lowest BCUT2D eigenvalue weighted by molar-refractivity contribution is -0.262. The maximum absolute atomic E-state index is 5.51. The highest BCUT2D eigenvalue weighted by Crippen LogP contribution is 2.25. The first kappa shape index (κ1) is 8.97. The fourth-order valence-electron chi connectivity index (χ4n) is 1.38. The van der Waals surface area contributed by atoms with Gasteiger partial charge in [-0.25, -0.2) is 0 Å². The molecule has 0 bridgehead atoms. The Kier molecular flexibility index (Phi) is 3.30. The molecule has 3 heteroatoms. The van der Waals surface area contributed by atoms with Crippen molar-refractivity contribution in [2.75, 3.05) is 27.4 Å². The molecule has 1 aliphatic rings. The molecule has 1 fully saturated rings. The van der Waals surface area contributed by atoms with E-state index in [1.165, 1.54) is 0 Å². The molecule has 1 heterocycles. The van der Waals surface area contributed by atoms with Crippen LogP contribution in [0.5, 0.6) is 0 Å². The van der Waals surface area contributed by atoms with Gasteiger partial charge in [-0.1, -0.05) is 0 Å². The van der Waals surface area contributed by atoms with E-state index in [1.54, 1.807) is 14.2 Å². The van der Waals surface area contributed by atoms with Crippen molar-refractivity contribution in [3.8, 4) is 0 Å². The largest absolute Gasteiger partial charge is 0.379 e. The zero-order chi connectivity index (χ0) is 8.16. The topological polar surface area (TPSA) is 27.7 Å². The molecule has 1 rings (SSSR count). The van der Waals surface area contributed by atoms with Gasteiger partial charge in [0.1, 0.15) is 6.61 Å². The Morgan fingerprint density at radius 2 is 2.18 bits per heavy atom. The molecule has 0 amide bonds. The fraction of sp³-hybridized carbons (Fsp3) is 1.00. The van der Waals surface area contributed by atoms with Crippen molar-refractivity contribution in [1.29, 1.82) is 0 Å². The van der Waals surface area contributed by atoms with Crippen LogP contribution in [0.2, 0.25) is 0 Å². The molecule has 1 aliphatic heterocycles. The van der Waals surface area contributed by atoms with Gasteiger partial charge < -0.3 is 14.2 Å². The number of rotatable bonds is 3. The molecule has 0 aromatic heterocycles. The third kappa shape index (κ3) is 2.15. The molecule has 3 nitrogen and oxygen atoms in total. The molecule has 1 saturated heterocycles. The van der Waals surface area contributed by atoms with Crippen LogP contribution in [0.1, 0.15) is 19.3 Å². The number of hydrogen-bond acceptors (Lipinski definition) is 3. The molecule has 0 N–H and O–H groups in total. The van der Waals surface area contributed by atoms with Crippen LogP contribution in [0.4, 0.5) is 0 Å². The SMILES string of the molecule is COCC1(OC)CCCCO1. The van der Waals surface area contributed by atoms with Crippen molar-refractivity contribution in [3.05, 3.63) is 0 Å². The lowest BCUT2D eigenvalue weighted by atomic mass is 10.1. The molecule has 0 aliphatic carbocycles. The van der Waals surface area contributed by atoms with Crippen molar-refractivity contribution < 1.29 is 14.2 Å². The fourth-order valence-corrected chi connectivity index (χ4v) is 1.38. The normalized spacial score (nSPS) is 32.2. The Morgan fingerprint density at radius 1 is 1.36 bits per heavy atom. The van der Waals surface area contributed by atoms with Crippen LogP contribution >= 0.6 is 0 Å². The highest BCUT2D eigenvalue weighted by molar-refractivity contribution is 4.72. The van der Waals surface area contributed by atoms with Crippen LogP contribution in [0.15, 0.2) is 0 Å². The van der Waals surface area contributed by atoms with Gasteiger partial charge in [-0.15, -0.1) is 0 Å². The van der Waals surface area contributed by atoms with Crippen molar-refractivity contribution in [1.82, 2.24) is 0 Å². The minimum atomic E-state index is -0.451. The molecule has 0 spiro atoms. The predicted molar refractivity (Wildman–Crippen MR) is 41.4 cm³/mol. The summed E-state index contributed by atoms with van der Waals surface area (Å²) >= 11 is 0. The monoisotopic (exact) mass is 160 g/mol. The quantitative estimate of drug-likeness (QED) is 0.620. The van der Waals surface area contributed by atoms with E-state index < -0.39 is 5.79 Å². The Labute approximate surface area is 67.6 Å². The van der Waals surface area contributed by atoms with E-state index in [-0.39, 0.29) is 0 Å². The van der Waals surface area contributed by atoms with Crippen LogP contribution in [0.25, 0.3) is 0 Å². The Bertz CT molecular complexity index is 102. The van der Waals surface area contributed by atoms with Gasteiger partial charge in [0.15, 0.2) is 5.79 Å². The summed E-state index contributed by atoms with van der Waals surface area (Å²) in [6, 6.07) is 0. The first-order chi connectivity index (χ1) is 5.33. The third-order valence-corrected chi connectivity index (χ3v) is 2.05. The van der Waals surface area contributed by atoms with Gasteiger partial charge in [-0.05, 0) is 12.8 Å². The van der Waals surface area contributed by atoms with Gasteiger partial charge in [0.05, 0.1) is 6.61 Å². The molecule has 1 unspecified atom stereocenters. The minimum Gasteiger partial charge on any atom is -0.379 e. The van der Waals surface area contributed by atoms with Crippen LogP contribution in [-0.2, 0) is 14.2 Å². The molecule has 0 aromatic rings. The first-order valence-electron chi connectivity index (χ1n) is 4.01. The second-order valence-electron chi connectivity index (χ2n) is 2.85. The molecular formula is C8H16O3. The zero-order valence-corrected chi connectivity index (χ0v) is 7.26. The lowest BCUT2D eigenvalue weighted by Crippen LogP contribution is -2.42. The van der Waals surface area contributed by atoms with Crippen molar-refractivity contribution in [2.24, 2.45) is 0 Å². The molecule has 0 saturated carbocycles. The minimum absolute atomic E-state index is 0.451. The first-order valence-corrected chi connectivity index (χ1v) is 4.01. The summed E-state index contributed by atoms with van der Waals surface area (Å²) in [5, 5.41) is 0. The molecule has 11 heavy (non-hydrogen) atoms. The summed E-state index contributed by atoms with van der Waals surface area (Å²) in [5.74, 6) is -0.451. The number of methoxy groups -OCH3 is 2. The van der Waals surface area contributed by atoms with Gasteiger partial charge in [-0.3, -0.25) is 0 Å². The van der Waals surface area contributed by atoms with E-state index in [4.69, 9.17) is 14.2 Å². The van der Waals surface area contributed by atoms with Gasteiger partial charge in [0.25, 0.3) is 0 Å². The highest BCUT2D eigenvalue weighted by atomic mass is 16.7. The highest BCUT2D eigenvalue weighted by Gasteiger charge is 2.32.